The highest BCUT2D eigenvalue weighted by atomic mass is 16.5. The van der Waals surface area contributed by atoms with Gasteiger partial charge in [-0.25, -0.2) is 9.97 Å². The highest BCUT2D eigenvalue weighted by Gasteiger charge is 2.13. The quantitative estimate of drug-likeness (QED) is 0.0805. The van der Waals surface area contributed by atoms with Crippen LogP contribution in [0.25, 0.3) is 57.5 Å². The Balaban J connectivity index is 1.30. The third kappa shape index (κ3) is 9.60. The SMILES string of the molecule is CCCCCCCCCCCc1c2nc(cc3ccc([nH]3)c(-c3ccc(OCCC[N+](C)(C)C)cc3)c3ccc(cc4nc1C=C4)[nH]3)C=C2. The summed E-state index contributed by atoms with van der Waals surface area (Å²) in [4.78, 5) is 17.6. The number of aromatic nitrogens is 4. The molecule has 6 nitrogen and oxygen atoms in total. The Morgan fingerprint density at radius 1 is 0.612 bits per heavy atom. The van der Waals surface area contributed by atoms with E-state index in [1.54, 1.807) is 0 Å². The number of ether oxygens (including phenoxy) is 1. The van der Waals surface area contributed by atoms with Crippen LogP contribution in [0.5, 0.6) is 5.75 Å². The Morgan fingerprint density at radius 3 is 1.71 bits per heavy atom. The third-order valence-corrected chi connectivity index (χ3v) is 9.42. The summed E-state index contributed by atoms with van der Waals surface area (Å²) in [5.41, 5.74) is 11.6. The largest absolute Gasteiger partial charge is 0.493 e. The molecule has 0 unspecified atom stereocenters. The normalized spacial score (nSPS) is 12.6. The van der Waals surface area contributed by atoms with Crippen LogP contribution in [-0.2, 0) is 6.42 Å². The van der Waals surface area contributed by atoms with Crippen molar-refractivity contribution < 1.29 is 9.22 Å². The molecule has 49 heavy (non-hydrogen) atoms. The summed E-state index contributed by atoms with van der Waals surface area (Å²) in [7, 11) is 6.64. The van der Waals surface area contributed by atoms with Crippen LogP contribution in [0.15, 0.2) is 60.7 Å². The first kappa shape index (κ1) is 34.4. The molecule has 6 heteroatoms. The molecular formula is C43H54N5O+. The van der Waals surface area contributed by atoms with Crippen molar-refractivity contribution in [1.29, 1.82) is 0 Å². The van der Waals surface area contributed by atoms with Gasteiger partial charge in [-0.1, -0.05) is 70.4 Å². The molecule has 6 rings (SSSR count). The maximum atomic E-state index is 6.09. The standard InChI is InChI=1S/C43H54N5O/c1-5-6-7-8-9-10-11-12-13-15-38-39-24-18-33(44-39)30-35-20-26-41(46-35)43(42-27-21-36(47-42)31-34-19-25-40(38)45-34)32-16-22-37(23-17-32)49-29-14-28-48(2,3)4/h16-27,30-31,46-47H,5-15,28-29H2,1-4H3/q+1. The maximum absolute atomic E-state index is 6.09. The Bertz CT molecular complexity index is 1830. The van der Waals surface area contributed by atoms with Crippen LogP contribution in [0.1, 0.15) is 99.5 Å². The van der Waals surface area contributed by atoms with E-state index in [-0.39, 0.29) is 0 Å². The van der Waals surface area contributed by atoms with Crippen molar-refractivity contribution in [2.75, 3.05) is 34.3 Å². The van der Waals surface area contributed by atoms with Crippen LogP contribution in [0.2, 0.25) is 0 Å². The Morgan fingerprint density at radius 2 is 1.16 bits per heavy atom. The fraction of sp³-hybridized carbons (Fsp3) is 0.395. The summed E-state index contributed by atoms with van der Waals surface area (Å²) in [6.07, 6.45) is 22.4. The second-order valence-electron chi connectivity index (χ2n) is 14.6. The minimum atomic E-state index is 0.713. The monoisotopic (exact) mass is 656 g/mol. The molecule has 0 saturated carbocycles. The predicted molar refractivity (Wildman–Crippen MR) is 208 cm³/mol. The number of H-pyrrole nitrogens is 2. The van der Waals surface area contributed by atoms with Crippen LogP contribution in [-0.4, -0.2) is 58.7 Å². The number of benzene rings is 1. The van der Waals surface area contributed by atoms with E-state index in [9.17, 15) is 0 Å². The van der Waals surface area contributed by atoms with E-state index in [0.29, 0.717) is 6.61 Å². The smallest absolute Gasteiger partial charge is 0.119 e. The minimum absolute atomic E-state index is 0.713. The molecule has 0 amide bonds. The number of unbranched alkanes of at least 4 members (excludes halogenated alkanes) is 8. The van der Waals surface area contributed by atoms with Crippen molar-refractivity contribution in [1.82, 2.24) is 19.9 Å². The van der Waals surface area contributed by atoms with Crippen LogP contribution in [0.4, 0.5) is 0 Å². The molecule has 2 N–H and O–H groups in total. The second-order valence-corrected chi connectivity index (χ2v) is 14.6. The van der Waals surface area contributed by atoms with E-state index < -0.39 is 0 Å². The number of fused-ring (bicyclic) bond motifs is 8. The summed E-state index contributed by atoms with van der Waals surface area (Å²) >= 11 is 0. The molecule has 5 heterocycles. The molecule has 2 aliphatic heterocycles. The lowest BCUT2D eigenvalue weighted by Crippen LogP contribution is -2.35. The van der Waals surface area contributed by atoms with Gasteiger partial charge in [0.1, 0.15) is 5.75 Å². The summed E-state index contributed by atoms with van der Waals surface area (Å²) < 4.78 is 7.03. The molecule has 8 bridgehead atoms. The number of nitrogens with one attached hydrogen (secondary N) is 2. The Kier molecular flexibility index (Phi) is 11.5. The molecule has 1 aromatic carbocycles. The third-order valence-electron chi connectivity index (χ3n) is 9.42. The topological polar surface area (TPSA) is 66.6 Å². The first-order chi connectivity index (χ1) is 23.8. The van der Waals surface area contributed by atoms with Gasteiger partial charge in [0.2, 0.25) is 0 Å². The molecule has 2 aliphatic rings. The molecule has 0 atom stereocenters. The zero-order chi connectivity index (χ0) is 34.1. The van der Waals surface area contributed by atoms with E-state index in [1.807, 2.05) is 0 Å². The van der Waals surface area contributed by atoms with Gasteiger partial charge in [-0.2, -0.15) is 0 Å². The molecule has 3 aromatic heterocycles. The lowest BCUT2D eigenvalue weighted by molar-refractivity contribution is -0.870. The van der Waals surface area contributed by atoms with Crippen molar-refractivity contribution in [3.63, 3.8) is 0 Å². The Hall–Kier alpha value is -4.42. The van der Waals surface area contributed by atoms with E-state index in [2.05, 4.69) is 123 Å². The highest BCUT2D eigenvalue weighted by molar-refractivity contribution is 5.94. The molecule has 4 aromatic rings. The molecule has 0 fully saturated rings. The average molecular weight is 657 g/mol. The number of rotatable bonds is 16. The summed E-state index contributed by atoms with van der Waals surface area (Å²) in [6.45, 7) is 4.07. The number of hydrogen-bond acceptors (Lipinski definition) is 3. The first-order valence-electron chi connectivity index (χ1n) is 18.5. The van der Waals surface area contributed by atoms with Gasteiger partial charge in [-0.15, -0.1) is 0 Å². The fourth-order valence-electron chi connectivity index (χ4n) is 6.76. The highest BCUT2D eigenvalue weighted by Crippen LogP contribution is 2.31. The molecule has 0 radical (unpaired) electrons. The maximum Gasteiger partial charge on any atom is 0.119 e. The zero-order valence-corrected chi connectivity index (χ0v) is 30.0. The van der Waals surface area contributed by atoms with Crippen molar-refractivity contribution >= 4 is 46.4 Å². The van der Waals surface area contributed by atoms with Crippen LogP contribution >= 0.6 is 0 Å². The Labute approximate surface area is 292 Å². The fourth-order valence-corrected chi connectivity index (χ4v) is 6.76. The first-order valence-corrected chi connectivity index (χ1v) is 18.5. The summed E-state index contributed by atoms with van der Waals surface area (Å²) in [5, 5.41) is 0. The minimum Gasteiger partial charge on any atom is -0.493 e. The zero-order valence-electron chi connectivity index (χ0n) is 30.0. The van der Waals surface area contributed by atoms with E-state index in [0.717, 1.165) is 92.0 Å². The second kappa shape index (κ2) is 16.3. The number of aromatic amines is 2. The van der Waals surface area contributed by atoms with Gasteiger partial charge in [0.25, 0.3) is 0 Å². The molecule has 0 spiro atoms. The van der Waals surface area contributed by atoms with E-state index in [4.69, 9.17) is 14.7 Å². The van der Waals surface area contributed by atoms with Gasteiger partial charge in [0, 0.05) is 39.6 Å². The van der Waals surface area contributed by atoms with Gasteiger partial charge in [0.15, 0.2) is 0 Å². The predicted octanol–water partition coefficient (Wildman–Crippen LogP) is 10.9. The van der Waals surface area contributed by atoms with Gasteiger partial charge in [0.05, 0.1) is 57.1 Å². The molecular weight excluding hydrogens is 603 g/mol. The lowest BCUT2D eigenvalue weighted by atomic mass is 10.0. The van der Waals surface area contributed by atoms with Crippen LogP contribution in [0, 0.1) is 0 Å². The van der Waals surface area contributed by atoms with Gasteiger partial charge in [-0.3, -0.25) is 0 Å². The summed E-state index contributed by atoms with van der Waals surface area (Å²) in [5.74, 6) is 0.894. The van der Waals surface area contributed by atoms with Gasteiger partial charge in [-0.05, 0) is 91.2 Å². The molecule has 0 aliphatic carbocycles. The van der Waals surface area contributed by atoms with Crippen molar-refractivity contribution in [3.05, 3.63) is 89.0 Å². The van der Waals surface area contributed by atoms with Gasteiger partial charge >= 0.3 is 0 Å². The lowest BCUT2D eigenvalue weighted by Gasteiger charge is -2.23. The van der Waals surface area contributed by atoms with Crippen molar-refractivity contribution in [2.45, 2.75) is 77.6 Å². The van der Waals surface area contributed by atoms with E-state index >= 15 is 0 Å². The van der Waals surface area contributed by atoms with Crippen molar-refractivity contribution in [3.8, 4) is 16.9 Å². The van der Waals surface area contributed by atoms with Crippen LogP contribution < -0.4 is 4.74 Å². The molecule has 0 saturated heterocycles. The summed E-state index contributed by atoms with van der Waals surface area (Å²) in [6, 6.07) is 21.3. The van der Waals surface area contributed by atoms with Crippen molar-refractivity contribution in [2.24, 2.45) is 0 Å². The van der Waals surface area contributed by atoms with Gasteiger partial charge < -0.3 is 19.2 Å². The van der Waals surface area contributed by atoms with Crippen LogP contribution in [0.3, 0.4) is 0 Å². The number of quaternary nitrogens is 1. The average Bonchev–Trinajstić information content (AvgIpc) is 3.91. The molecule has 256 valence electrons. The number of hydrogen-bond donors (Lipinski definition) is 2. The van der Waals surface area contributed by atoms with E-state index in [1.165, 1.54) is 56.9 Å². The number of nitrogens with zero attached hydrogens (tertiary/aromatic N) is 3.